The highest BCUT2D eigenvalue weighted by atomic mass is 16.6. The molecule has 2 aliphatic rings. The molecule has 25 heavy (non-hydrogen) atoms. The molecule has 1 aliphatic heterocycles. The van der Waals surface area contributed by atoms with Gasteiger partial charge in [0.2, 0.25) is 11.6 Å². The summed E-state index contributed by atoms with van der Waals surface area (Å²) in [5.41, 5.74) is 2.33. The Morgan fingerprint density at radius 2 is 1.96 bits per heavy atom. The van der Waals surface area contributed by atoms with Gasteiger partial charge in [-0.25, -0.2) is 4.63 Å². The number of rotatable bonds is 2. The van der Waals surface area contributed by atoms with Crippen LogP contribution in [0, 0.1) is 5.41 Å². The zero-order valence-corrected chi connectivity index (χ0v) is 14.4. The van der Waals surface area contributed by atoms with Crippen LogP contribution in [0.1, 0.15) is 38.3 Å². The van der Waals surface area contributed by atoms with Gasteiger partial charge in [-0.1, -0.05) is 32.0 Å². The van der Waals surface area contributed by atoms with Crippen molar-refractivity contribution in [3.8, 4) is 5.75 Å². The first-order valence-electron chi connectivity index (χ1n) is 8.24. The molecule has 0 bridgehead atoms. The number of benzene rings is 1. The standard InChI is InChI=1S/C18H20N4O3/c1-18(2)8-11-14(12(23)9-18)15(10-6-4-5-7-13(10)24-3)20-17-16(19-11)21-25-22-17/h4-7,15H,8-9H2,1-3H3,(H,19,21)(H,20,22). The van der Waals surface area contributed by atoms with Gasteiger partial charge in [0.15, 0.2) is 5.78 Å². The molecule has 1 atom stereocenters. The zero-order chi connectivity index (χ0) is 17.6. The van der Waals surface area contributed by atoms with E-state index in [1.165, 1.54) is 0 Å². The highest BCUT2D eigenvalue weighted by molar-refractivity contribution is 6.00. The number of para-hydroxylation sites is 1. The van der Waals surface area contributed by atoms with E-state index in [9.17, 15) is 4.79 Å². The summed E-state index contributed by atoms with van der Waals surface area (Å²) >= 11 is 0. The average Bonchev–Trinajstić information content (AvgIpc) is 2.93. The summed E-state index contributed by atoms with van der Waals surface area (Å²) in [4.78, 5) is 13.0. The topological polar surface area (TPSA) is 89.3 Å². The second-order valence-electron chi connectivity index (χ2n) is 7.24. The van der Waals surface area contributed by atoms with Crippen LogP contribution in [-0.4, -0.2) is 23.2 Å². The second-order valence-corrected chi connectivity index (χ2v) is 7.24. The van der Waals surface area contributed by atoms with Gasteiger partial charge in [-0.3, -0.25) is 4.79 Å². The number of aromatic nitrogens is 2. The number of nitrogens with zero attached hydrogens (tertiary/aromatic N) is 2. The van der Waals surface area contributed by atoms with Crippen molar-refractivity contribution in [2.75, 3.05) is 17.7 Å². The molecule has 130 valence electrons. The van der Waals surface area contributed by atoms with E-state index in [1.54, 1.807) is 7.11 Å². The molecule has 7 nitrogen and oxygen atoms in total. The van der Waals surface area contributed by atoms with Crippen LogP contribution in [0.2, 0.25) is 0 Å². The van der Waals surface area contributed by atoms with E-state index in [2.05, 4.69) is 34.8 Å². The lowest BCUT2D eigenvalue weighted by Crippen LogP contribution is -2.31. The minimum absolute atomic E-state index is 0.115. The number of ether oxygens (including phenoxy) is 1. The summed E-state index contributed by atoms with van der Waals surface area (Å²) < 4.78 is 10.4. The molecule has 1 aromatic heterocycles. The quantitative estimate of drug-likeness (QED) is 0.867. The number of ketones is 1. The summed E-state index contributed by atoms with van der Waals surface area (Å²) in [6.07, 6.45) is 1.24. The molecule has 0 saturated heterocycles. The Kier molecular flexibility index (Phi) is 3.52. The third-order valence-electron chi connectivity index (χ3n) is 4.70. The number of methoxy groups -OCH3 is 1. The molecule has 2 N–H and O–H groups in total. The predicted molar refractivity (Wildman–Crippen MR) is 92.3 cm³/mol. The average molecular weight is 340 g/mol. The minimum Gasteiger partial charge on any atom is -0.496 e. The van der Waals surface area contributed by atoms with E-state index in [-0.39, 0.29) is 17.2 Å². The Labute approximate surface area is 145 Å². The maximum Gasteiger partial charge on any atom is 0.219 e. The largest absolute Gasteiger partial charge is 0.496 e. The highest BCUT2D eigenvalue weighted by Gasteiger charge is 2.40. The molecular weight excluding hydrogens is 320 g/mol. The van der Waals surface area contributed by atoms with Crippen LogP contribution in [0.3, 0.4) is 0 Å². The number of fused-ring (bicyclic) bond motifs is 1. The van der Waals surface area contributed by atoms with Crippen molar-refractivity contribution in [3.05, 3.63) is 41.1 Å². The lowest BCUT2D eigenvalue weighted by Gasteiger charge is -2.34. The number of carbonyl (C=O) groups is 1. The van der Waals surface area contributed by atoms with Crippen molar-refractivity contribution in [2.24, 2.45) is 5.41 Å². The molecule has 1 unspecified atom stereocenters. The predicted octanol–water partition coefficient (Wildman–Crippen LogP) is 3.30. The molecule has 0 amide bonds. The van der Waals surface area contributed by atoms with Crippen LogP contribution in [-0.2, 0) is 4.79 Å². The highest BCUT2D eigenvalue weighted by Crippen LogP contribution is 2.45. The van der Waals surface area contributed by atoms with E-state index in [4.69, 9.17) is 9.37 Å². The molecule has 7 heteroatoms. The number of nitrogens with one attached hydrogen (secondary N) is 2. The molecule has 4 rings (SSSR count). The van der Waals surface area contributed by atoms with Crippen LogP contribution >= 0.6 is 0 Å². The van der Waals surface area contributed by atoms with Crippen LogP contribution in [0.5, 0.6) is 5.75 Å². The van der Waals surface area contributed by atoms with Gasteiger partial charge in [-0.15, -0.1) is 0 Å². The summed E-state index contributed by atoms with van der Waals surface area (Å²) in [6.45, 7) is 4.18. The number of carbonyl (C=O) groups excluding carboxylic acids is 1. The fraction of sp³-hybridized carbons (Fsp3) is 0.389. The van der Waals surface area contributed by atoms with Crippen molar-refractivity contribution >= 4 is 17.4 Å². The van der Waals surface area contributed by atoms with Gasteiger partial charge < -0.3 is 15.4 Å². The first kappa shape index (κ1) is 15.7. The van der Waals surface area contributed by atoms with Gasteiger partial charge in [0, 0.05) is 23.3 Å². The maximum atomic E-state index is 13.0. The molecule has 1 aromatic carbocycles. The summed E-state index contributed by atoms with van der Waals surface area (Å²) in [5.74, 6) is 1.81. The Morgan fingerprint density at radius 3 is 2.76 bits per heavy atom. The van der Waals surface area contributed by atoms with Crippen LogP contribution in [0.25, 0.3) is 0 Å². The molecule has 2 heterocycles. The first-order chi connectivity index (χ1) is 12.0. The Hall–Kier alpha value is -2.83. The van der Waals surface area contributed by atoms with Crippen molar-refractivity contribution in [1.29, 1.82) is 0 Å². The maximum absolute atomic E-state index is 13.0. The Bertz CT molecular complexity index is 869. The second kappa shape index (κ2) is 5.61. The van der Waals surface area contributed by atoms with Crippen LogP contribution in [0.4, 0.5) is 11.6 Å². The Morgan fingerprint density at radius 1 is 1.20 bits per heavy atom. The number of hydrogen-bond acceptors (Lipinski definition) is 7. The summed E-state index contributed by atoms with van der Waals surface area (Å²) in [6, 6.07) is 7.29. The van der Waals surface area contributed by atoms with Gasteiger partial charge in [0.1, 0.15) is 5.75 Å². The molecule has 0 saturated carbocycles. The van der Waals surface area contributed by atoms with Crippen molar-refractivity contribution < 1.29 is 14.2 Å². The first-order valence-corrected chi connectivity index (χ1v) is 8.24. The molecule has 0 radical (unpaired) electrons. The van der Waals surface area contributed by atoms with Gasteiger partial charge in [-0.2, -0.15) is 0 Å². The number of allylic oxidation sites excluding steroid dienone is 1. The van der Waals surface area contributed by atoms with Crippen molar-refractivity contribution in [3.63, 3.8) is 0 Å². The Balaban J connectivity index is 1.90. The smallest absolute Gasteiger partial charge is 0.219 e. The van der Waals surface area contributed by atoms with Gasteiger partial charge in [-0.05, 0) is 28.2 Å². The molecule has 1 aliphatic carbocycles. The molecule has 2 aromatic rings. The van der Waals surface area contributed by atoms with Crippen LogP contribution in [0.15, 0.2) is 40.2 Å². The van der Waals surface area contributed by atoms with Gasteiger partial charge in [0.05, 0.1) is 13.2 Å². The fourth-order valence-corrected chi connectivity index (χ4v) is 3.64. The van der Waals surface area contributed by atoms with E-state index in [0.717, 1.165) is 17.7 Å². The fourth-order valence-electron chi connectivity index (χ4n) is 3.64. The van der Waals surface area contributed by atoms with Crippen molar-refractivity contribution in [1.82, 2.24) is 10.3 Å². The molecular formula is C18H20N4O3. The lowest BCUT2D eigenvalue weighted by molar-refractivity contribution is -0.118. The van der Waals surface area contributed by atoms with E-state index >= 15 is 0 Å². The summed E-state index contributed by atoms with van der Waals surface area (Å²) in [7, 11) is 1.62. The van der Waals surface area contributed by atoms with Crippen molar-refractivity contribution in [2.45, 2.75) is 32.7 Å². The molecule has 0 spiro atoms. The van der Waals surface area contributed by atoms with E-state index in [0.29, 0.717) is 29.4 Å². The van der Waals surface area contributed by atoms with Gasteiger partial charge >= 0.3 is 0 Å². The van der Waals surface area contributed by atoms with Gasteiger partial charge in [0.25, 0.3) is 0 Å². The normalized spacial score (nSPS) is 21.6. The minimum atomic E-state index is -0.379. The zero-order valence-electron chi connectivity index (χ0n) is 14.4. The molecule has 0 fully saturated rings. The number of hydrogen-bond donors (Lipinski definition) is 2. The van der Waals surface area contributed by atoms with E-state index < -0.39 is 0 Å². The number of anilines is 2. The monoisotopic (exact) mass is 340 g/mol. The lowest BCUT2D eigenvalue weighted by atomic mass is 9.73. The number of Topliss-reactive ketones (excluding diaryl/α,β-unsaturated/α-hetero) is 1. The third kappa shape index (κ3) is 2.65. The van der Waals surface area contributed by atoms with E-state index in [1.807, 2.05) is 24.3 Å². The third-order valence-corrected chi connectivity index (χ3v) is 4.70. The summed E-state index contributed by atoms with van der Waals surface area (Å²) in [5, 5.41) is 14.4. The van der Waals surface area contributed by atoms with Crippen LogP contribution < -0.4 is 15.4 Å². The SMILES string of the molecule is COc1ccccc1C1Nc2nonc2NC2=C1C(=O)CC(C)(C)C2.